The van der Waals surface area contributed by atoms with Gasteiger partial charge in [0, 0.05) is 0 Å². The molecule has 0 aliphatic heterocycles. The average molecular weight is 365 g/mol. The van der Waals surface area contributed by atoms with Crippen molar-refractivity contribution < 1.29 is 105 Å². The van der Waals surface area contributed by atoms with Crippen molar-refractivity contribution in [3.05, 3.63) is 11.6 Å². The minimum atomic E-state index is -2.85. The molecular weight excluding hydrogens is 365 g/mol. The second-order valence-electron chi connectivity index (χ2n) is 0.409. The second-order valence-corrected chi connectivity index (χ2v) is 1.79. The molecule has 0 rings (SSSR count). The largest absolute Gasteiger partial charge is 1.00 e. The molecule has 0 aromatic carbocycles. The Kier molecular flexibility index (Phi) is 31.6. The molecule has 0 N–H and O–H groups in total. The summed E-state index contributed by atoms with van der Waals surface area (Å²) in [4.78, 5) is 0. The molecule has 0 amide bonds. The summed E-state index contributed by atoms with van der Waals surface area (Å²) < 4.78 is 29.3. The van der Waals surface area contributed by atoms with E-state index in [-0.39, 0.29) is 78.0 Å². The van der Waals surface area contributed by atoms with Gasteiger partial charge in [-0.2, -0.15) is 0 Å². The van der Waals surface area contributed by atoms with Crippen LogP contribution in [0.1, 0.15) is 0 Å². The minimum Gasteiger partial charge on any atom is -0.357 e. The molecule has 9 heavy (non-hydrogen) atoms. The van der Waals surface area contributed by atoms with Crippen LogP contribution in [-0.2, 0) is 29.3 Å². The van der Waals surface area contributed by atoms with Crippen molar-refractivity contribution >= 4 is 0 Å². The predicted molar refractivity (Wildman–Crippen MR) is 7.69 cm³/mol. The first-order valence-corrected chi connectivity index (χ1v) is 4.33. The number of hydrogen-bond donors (Lipinski definition) is 0. The molecular formula is CClHgKNO4. The van der Waals surface area contributed by atoms with Gasteiger partial charge in [0.25, 0.3) is 0 Å². The Bertz CT molecular complexity index is 72.7. The van der Waals surface area contributed by atoms with Gasteiger partial charge < -0.3 is 14.0 Å². The van der Waals surface area contributed by atoms with Crippen molar-refractivity contribution in [3.8, 4) is 0 Å². The summed E-state index contributed by atoms with van der Waals surface area (Å²) in [5.41, 5.74) is 0. The maximum atomic E-state index is 8.41. The molecule has 0 aromatic rings. The van der Waals surface area contributed by atoms with Gasteiger partial charge in [-0.3, -0.25) is 0 Å². The summed E-state index contributed by atoms with van der Waals surface area (Å²) in [7, 11) is -2.85. The van der Waals surface area contributed by atoms with Crippen molar-refractivity contribution in [2.45, 2.75) is 0 Å². The molecule has 0 saturated heterocycles. The quantitative estimate of drug-likeness (QED) is 0.243. The Hall–Kier alpha value is 2.03. The van der Waals surface area contributed by atoms with Crippen molar-refractivity contribution in [3.63, 3.8) is 0 Å². The van der Waals surface area contributed by atoms with E-state index >= 15 is 0 Å². The maximum absolute atomic E-state index is 8.41. The van der Waals surface area contributed by atoms with Crippen LogP contribution in [0, 0.1) is 17.4 Å². The van der Waals surface area contributed by atoms with Crippen molar-refractivity contribution in [1.82, 2.24) is 0 Å². The summed E-state index contributed by atoms with van der Waals surface area (Å²) in [6.07, 6.45) is 0. The van der Waals surface area contributed by atoms with Gasteiger partial charge in [0.2, 0.25) is 0 Å². The third-order valence-corrected chi connectivity index (χ3v) is 0.566. The van der Waals surface area contributed by atoms with Gasteiger partial charge in [-0.05, 0) is 0 Å². The molecule has 0 unspecified atom stereocenters. The number of nitrogens with zero attached hydrogens (tertiary/aromatic N) is 1. The molecule has 0 bridgehead atoms. The molecule has 0 spiro atoms. The Morgan fingerprint density at radius 1 is 1.44 bits per heavy atom. The molecule has 0 radical (unpaired) electrons. The van der Waals surface area contributed by atoms with Gasteiger partial charge in [0.05, 0.1) is 10.8 Å². The van der Waals surface area contributed by atoms with Gasteiger partial charge >= 0.3 is 92.3 Å². The number of halogens is 1. The van der Waals surface area contributed by atoms with Crippen LogP contribution in [0.25, 0.3) is 5.01 Å². The average Bonchev–Trinajstić information content (AvgIpc) is 1.65. The van der Waals surface area contributed by atoms with Crippen LogP contribution in [-0.4, -0.2) is 0 Å². The van der Waals surface area contributed by atoms with E-state index in [4.69, 9.17) is 20.5 Å². The SMILES string of the molecule is [C-]#[N+][O][Hg].[K+].[O-][Cl+2]([O-])[O-]. The van der Waals surface area contributed by atoms with Gasteiger partial charge in [0.1, 0.15) is 0 Å². The first-order chi connectivity index (χ1) is 3.65. The molecule has 0 aliphatic carbocycles. The summed E-state index contributed by atoms with van der Waals surface area (Å²) in [6.45, 7) is 5.90. The van der Waals surface area contributed by atoms with Crippen LogP contribution in [0.3, 0.4) is 0 Å². The smallest absolute Gasteiger partial charge is 0.357 e. The van der Waals surface area contributed by atoms with E-state index in [0.29, 0.717) is 0 Å². The van der Waals surface area contributed by atoms with Crippen molar-refractivity contribution in [1.29, 1.82) is 0 Å². The topological polar surface area (TPSA) is 82.8 Å². The van der Waals surface area contributed by atoms with E-state index in [9.17, 15) is 0 Å². The van der Waals surface area contributed by atoms with Crippen LogP contribution >= 0.6 is 0 Å². The van der Waals surface area contributed by atoms with Crippen molar-refractivity contribution in [2.24, 2.45) is 0 Å². The van der Waals surface area contributed by atoms with E-state index in [1.54, 1.807) is 0 Å². The van der Waals surface area contributed by atoms with Crippen LogP contribution < -0.4 is 65.4 Å². The maximum Gasteiger partial charge on any atom is 1.00 e. The zero-order chi connectivity index (χ0) is 6.99. The monoisotopic (exact) mass is 366 g/mol. The molecule has 0 aromatic heterocycles. The van der Waals surface area contributed by atoms with Crippen LogP contribution in [0.15, 0.2) is 0 Å². The molecule has 0 saturated carbocycles. The Morgan fingerprint density at radius 3 is 1.56 bits per heavy atom. The first kappa shape index (κ1) is 17.2. The Labute approximate surface area is 115 Å². The van der Waals surface area contributed by atoms with Crippen LogP contribution in [0.5, 0.6) is 0 Å². The molecule has 0 heterocycles. The molecule has 8 heteroatoms. The zero-order valence-corrected chi connectivity index (χ0v) is 14.0. The standard InChI is InChI=1S/CNO.ClO3.Hg.K/c1-2-3;2-1(3)4;;/q2*-1;2*+1. The van der Waals surface area contributed by atoms with Gasteiger partial charge in [0.15, 0.2) is 0 Å². The van der Waals surface area contributed by atoms with Crippen molar-refractivity contribution in [2.75, 3.05) is 0 Å². The predicted octanol–water partition coefficient (Wildman–Crippen LogP) is -6.26. The summed E-state index contributed by atoms with van der Waals surface area (Å²) in [5, 5.41) is 2.57. The molecule has 0 fully saturated rings. The summed E-state index contributed by atoms with van der Waals surface area (Å²) in [5.74, 6) is 0. The fourth-order valence-corrected chi connectivity index (χ4v) is 0. The summed E-state index contributed by atoms with van der Waals surface area (Å²) >= 11 is 0.219. The van der Waals surface area contributed by atoms with Gasteiger partial charge in [-0.25, -0.2) is 0 Å². The molecule has 0 aliphatic rings. The third kappa shape index (κ3) is 70.4. The van der Waals surface area contributed by atoms with E-state index in [2.05, 4.69) is 7.75 Å². The van der Waals surface area contributed by atoms with Crippen LogP contribution in [0.4, 0.5) is 0 Å². The Morgan fingerprint density at radius 2 is 1.56 bits per heavy atom. The van der Waals surface area contributed by atoms with Crippen LogP contribution in [0.2, 0.25) is 0 Å². The van der Waals surface area contributed by atoms with E-state index in [1.807, 2.05) is 0 Å². The molecule has 0 atom stereocenters. The van der Waals surface area contributed by atoms with E-state index in [1.165, 1.54) is 0 Å². The summed E-state index contributed by atoms with van der Waals surface area (Å²) in [6, 6.07) is 0. The molecule has 5 nitrogen and oxygen atoms in total. The first-order valence-electron chi connectivity index (χ1n) is 1.16. The fraction of sp³-hybridized carbons (Fsp3) is 0. The third-order valence-electron chi connectivity index (χ3n) is 0.0645. The number of rotatable bonds is 0. The Balaban J connectivity index is -0.0000000720. The number of hydrogen-bond acceptors (Lipinski definition) is 4. The van der Waals surface area contributed by atoms with Gasteiger partial charge in [-0.1, -0.05) is 0 Å². The molecule has 43 valence electrons. The van der Waals surface area contributed by atoms with Gasteiger partial charge in [-0.15, -0.1) is 0 Å². The van der Waals surface area contributed by atoms with E-state index < -0.39 is 10.8 Å². The van der Waals surface area contributed by atoms with E-state index in [0.717, 1.165) is 0 Å². The normalized spacial score (nSPS) is 5.89. The fourth-order valence-electron chi connectivity index (χ4n) is 0. The minimum absolute atomic E-state index is 0. The zero-order valence-electron chi connectivity index (χ0n) is 4.67. The second kappa shape index (κ2) is 16.5.